The summed E-state index contributed by atoms with van der Waals surface area (Å²) >= 11 is 0. The van der Waals surface area contributed by atoms with E-state index in [1.807, 2.05) is 25.5 Å². The molecule has 0 aromatic carbocycles. The smallest absolute Gasteiger partial charge is 0.272 e. The SMILES string of the molecule is CCn1nc(C)c(CNC(=O)c2cc3n(n2)CC(O)CNC3=O)c1C. The molecule has 134 valence electrons. The van der Waals surface area contributed by atoms with E-state index in [1.54, 1.807) is 0 Å². The first-order valence-electron chi connectivity index (χ1n) is 8.25. The van der Waals surface area contributed by atoms with E-state index < -0.39 is 6.10 Å². The molecule has 0 radical (unpaired) electrons. The first-order valence-corrected chi connectivity index (χ1v) is 8.25. The highest BCUT2D eigenvalue weighted by atomic mass is 16.3. The molecule has 1 atom stereocenters. The van der Waals surface area contributed by atoms with Crippen molar-refractivity contribution in [1.82, 2.24) is 30.2 Å². The molecule has 3 rings (SSSR count). The number of hydrogen-bond donors (Lipinski definition) is 3. The van der Waals surface area contributed by atoms with E-state index >= 15 is 0 Å². The van der Waals surface area contributed by atoms with Crippen LogP contribution in [0.5, 0.6) is 0 Å². The van der Waals surface area contributed by atoms with Crippen molar-refractivity contribution in [1.29, 1.82) is 0 Å². The molecule has 2 aromatic rings. The van der Waals surface area contributed by atoms with E-state index in [1.165, 1.54) is 10.7 Å². The highest BCUT2D eigenvalue weighted by Gasteiger charge is 2.24. The van der Waals surface area contributed by atoms with Crippen LogP contribution in [0.15, 0.2) is 6.07 Å². The molecule has 2 aromatic heterocycles. The Morgan fingerprint density at radius 3 is 2.88 bits per heavy atom. The molecule has 2 amide bonds. The predicted molar refractivity (Wildman–Crippen MR) is 89.1 cm³/mol. The van der Waals surface area contributed by atoms with Gasteiger partial charge >= 0.3 is 0 Å². The Morgan fingerprint density at radius 1 is 1.44 bits per heavy atom. The molecule has 1 aliphatic rings. The van der Waals surface area contributed by atoms with Crippen molar-refractivity contribution in [2.75, 3.05) is 6.54 Å². The second-order valence-electron chi connectivity index (χ2n) is 6.11. The Kier molecular flexibility index (Phi) is 4.58. The van der Waals surface area contributed by atoms with Crippen molar-refractivity contribution in [3.63, 3.8) is 0 Å². The number of amides is 2. The van der Waals surface area contributed by atoms with Crippen LogP contribution in [0.3, 0.4) is 0 Å². The van der Waals surface area contributed by atoms with Crippen LogP contribution in [0.25, 0.3) is 0 Å². The number of nitrogens with zero attached hydrogens (tertiary/aromatic N) is 4. The lowest BCUT2D eigenvalue weighted by Crippen LogP contribution is -2.30. The fourth-order valence-corrected chi connectivity index (χ4v) is 2.97. The summed E-state index contributed by atoms with van der Waals surface area (Å²) in [5.41, 5.74) is 3.29. The highest BCUT2D eigenvalue weighted by molar-refractivity contribution is 5.98. The maximum Gasteiger partial charge on any atom is 0.272 e. The van der Waals surface area contributed by atoms with Gasteiger partial charge in [0.15, 0.2) is 5.69 Å². The minimum absolute atomic E-state index is 0.150. The second kappa shape index (κ2) is 6.67. The molecule has 0 saturated heterocycles. The Bertz CT molecular complexity index is 822. The molecular formula is C16H22N6O3. The van der Waals surface area contributed by atoms with Gasteiger partial charge in [-0.1, -0.05) is 0 Å². The number of fused-ring (bicyclic) bond motifs is 1. The van der Waals surface area contributed by atoms with Crippen molar-refractivity contribution in [3.8, 4) is 0 Å². The van der Waals surface area contributed by atoms with Gasteiger partial charge in [-0.25, -0.2) is 0 Å². The number of nitrogens with one attached hydrogen (secondary N) is 2. The molecule has 25 heavy (non-hydrogen) atoms. The Morgan fingerprint density at radius 2 is 2.20 bits per heavy atom. The lowest BCUT2D eigenvalue weighted by atomic mass is 10.2. The van der Waals surface area contributed by atoms with Crippen LogP contribution in [0.4, 0.5) is 0 Å². The van der Waals surface area contributed by atoms with Gasteiger partial charge in [-0.15, -0.1) is 0 Å². The zero-order valence-electron chi connectivity index (χ0n) is 14.5. The monoisotopic (exact) mass is 346 g/mol. The second-order valence-corrected chi connectivity index (χ2v) is 6.11. The summed E-state index contributed by atoms with van der Waals surface area (Å²) < 4.78 is 3.26. The summed E-state index contributed by atoms with van der Waals surface area (Å²) in [6, 6.07) is 1.44. The summed E-state index contributed by atoms with van der Waals surface area (Å²) in [5, 5.41) is 23.7. The first-order chi connectivity index (χ1) is 11.9. The Hall–Kier alpha value is -2.68. The number of aromatic nitrogens is 4. The van der Waals surface area contributed by atoms with Crippen LogP contribution in [0, 0.1) is 13.8 Å². The van der Waals surface area contributed by atoms with Gasteiger partial charge in [-0.05, 0) is 20.8 Å². The summed E-state index contributed by atoms with van der Waals surface area (Å²) in [7, 11) is 0. The zero-order chi connectivity index (χ0) is 18.1. The zero-order valence-corrected chi connectivity index (χ0v) is 14.5. The average molecular weight is 346 g/mol. The van der Waals surface area contributed by atoms with Gasteiger partial charge in [-0.2, -0.15) is 10.2 Å². The molecule has 0 spiro atoms. The Balaban J connectivity index is 1.75. The van der Waals surface area contributed by atoms with E-state index in [4.69, 9.17) is 0 Å². The normalized spacial score (nSPS) is 17.0. The fraction of sp³-hybridized carbons (Fsp3) is 0.500. The number of hydrogen-bond acceptors (Lipinski definition) is 5. The van der Waals surface area contributed by atoms with Gasteiger partial charge in [0.2, 0.25) is 0 Å². The molecule has 3 heterocycles. The number of carbonyl (C=O) groups excluding carboxylic acids is 2. The lowest BCUT2D eigenvalue weighted by molar-refractivity contribution is 0.0931. The minimum Gasteiger partial charge on any atom is -0.389 e. The van der Waals surface area contributed by atoms with Crippen LogP contribution in [-0.4, -0.2) is 49.1 Å². The number of aryl methyl sites for hydroxylation is 2. The van der Waals surface area contributed by atoms with E-state index in [2.05, 4.69) is 20.8 Å². The number of aliphatic hydroxyl groups excluding tert-OH is 1. The standard InChI is InChI=1S/C16H22N6O3/c1-4-21-10(3)12(9(2)19-21)7-18-15(24)13-5-14-16(25)17-6-11(23)8-22(14)20-13/h5,11,23H,4,6-8H2,1-3H3,(H,17,25)(H,18,24). The molecular weight excluding hydrogens is 324 g/mol. The van der Waals surface area contributed by atoms with Crippen molar-refractivity contribution in [3.05, 3.63) is 34.4 Å². The fourth-order valence-electron chi connectivity index (χ4n) is 2.97. The average Bonchev–Trinajstić information content (AvgIpc) is 3.08. The third kappa shape index (κ3) is 3.27. The van der Waals surface area contributed by atoms with Crippen LogP contribution >= 0.6 is 0 Å². The van der Waals surface area contributed by atoms with Gasteiger partial charge in [0.1, 0.15) is 5.69 Å². The van der Waals surface area contributed by atoms with Crippen molar-refractivity contribution in [2.24, 2.45) is 0 Å². The van der Waals surface area contributed by atoms with E-state index in [0.29, 0.717) is 6.54 Å². The van der Waals surface area contributed by atoms with Crippen LogP contribution in [0.1, 0.15) is 44.9 Å². The molecule has 1 aliphatic heterocycles. The summed E-state index contributed by atoms with van der Waals surface area (Å²) in [4.78, 5) is 24.4. The Labute approximate surface area is 145 Å². The molecule has 0 aliphatic carbocycles. The summed E-state index contributed by atoms with van der Waals surface area (Å²) in [5.74, 6) is -0.718. The summed E-state index contributed by atoms with van der Waals surface area (Å²) in [6.45, 7) is 7.34. The third-order valence-electron chi connectivity index (χ3n) is 4.38. The van der Waals surface area contributed by atoms with Gasteiger partial charge in [0.25, 0.3) is 11.8 Å². The molecule has 0 saturated carbocycles. The third-order valence-corrected chi connectivity index (χ3v) is 4.38. The maximum absolute atomic E-state index is 12.4. The largest absolute Gasteiger partial charge is 0.389 e. The van der Waals surface area contributed by atoms with Gasteiger partial charge in [0.05, 0.1) is 18.3 Å². The van der Waals surface area contributed by atoms with E-state index in [9.17, 15) is 14.7 Å². The van der Waals surface area contributed by atoms with Crippen molar-refractivity contribution >= 4 is 11.8 Å². The van der Waals surface area contributed by atoms with Crippen LogP contribution in [-0.2, 0) is 19.6 Å². The van der Waals surface area contributed by atoms with Gasteiger partial charge < -0.3 is 15.7 Å². The van der Waals surface area contributed by atoms with Gasteiger partial charge in [-0.3, -0.25) is 19.0 Å². The number of β-amino-alcohol motifs (C(OH)–C–C–N with tert-alkyl or cyclic N) is 1. The van der Waals surface area contributed by atoms with Crippen molar-refractivity contribution < 1.29 is 14.7 Å². The predicted octanol–water partition coefficient (Wildman–Crippen LogP) is -0.249. The van der Waals surface area contributed by atoms with Gasteiger partial charge in [0, 0.05) is 37.0 Å². The number of aliphatic hydroxyl groups is 1. The quantitative estimate of drug-likeness (QED) is 0.706. The first kappa shape index (κ1) is 17.2. The highest BCUT2D eigenvalue weighted by Crippen LogP contribution is 2.13. The topological polar surface area (TPSA) is 114 Å². The molecule has 9 heteroatoms. The van der Waals surface area contributed by atoms with E-state index in [0.717, 1.165) is 23.5 Å². The number of carbonyl (C=O) groups is 2. The molecule has 1 unspecified atom stereocenters. The van der Waals surface area contributed by atoms with Crippen LogP contribution < -0.4 is 10.6 Å². The minimum atomic E-state index is -0.730. The molecule has 0 bridgehead atoms. The van der Waals surface area contributed by atoms with Crippen molar-refractivity contribution in [2.45, 2.75) is 46.5 Å². The molecule has 0 fully saturated rings. The lowest BCUT2D eigenvalue weighted by Gasteiger charge is -2.07. The maximum atomic E-state index is 12.4. The molecule has 3 N–H and O–H groups in total. The summed E-state index contributed by atoms with van der Waals surface area (Å²) in [6.07, 6.45) is -0.730. The van der Waals surface area contributed by atoms with E-state index in [-0.39, 0.29) is 36.3 Å². The molecule has 9 nitrogen and oxygen atoms in total. The number of rotatable bonds is 4. The van der Waals surface area contributed by atoms with Crippen LogP contribution in [0.2, 0.25) is 0 Å².